The smallest absolute Gasteiger partial charge is 0.119 e. The molecule has 2 rings (SSSR count). The van der Waals surface area contributed by atoms with Gasteiger partial charge in [-0.2, -0.15) is 0 Å². The fraction of sp³-hybridized carbons (Fsp3) is 0.625. The molecule has 0 amide bonds. The van der Waals surface area contributed by atoms with Gasteiger partial charge < -0.3 is 4.74 Å². The number of hydrogen-bond donors (Lipinski definition) is 0. The lowest BCUT2D eigenvalue weighted by Crippen LogP contribution is -2.53. The van der Waals surface area contributed by atoms with Gasteiger partial charge in [0.1, 0.15) is 12.4 Å². The molecule has 1 aromatic rings. The fourth-order valence-electron chi connectivity index (χ4n) is 2.47. The highest BCUT2D eigenvalue weighted by Crippen LogP contribution is 2.17. The van der Waals surface area contributed by atoms with Gasteiger partial charge in [-0.15, -0.1) is 0 Å². The largest absolute Gasteiger partial charge is 0.492 e. The molecule has 1 fully saturated rings. The van der Waals surface area contributed by atoms with Crippen LogP contribution in [0.2, 0.25) is 0 Å². The van der Waals surface area contributed by atoms with Gasteiger partial charge in [-0.3, -0.25) is 9.80 Å². The van der Waals surface area contributed by atoms with E-state index >= 15 is 0 Å². The van der Waals surface area contributed by atoms with Crippen molar-refractivity contribution in [3.8, 4) is 5.75 Å². The van der Waals surface area contributed by atoms with E-state index in [4.69, 9.17) is 4.74 Å². The second-order valence-corrected chi connectivity index (χ2v) is 7.22. The van der Waals surface area contributed by atoms with E-state index in [-0.39, 0.29) is 0 Å². The molecule has 0 aromatic heterocycles. The van der Waals surface area contributed by atoms with E-state index in [9.17, 15) is 0 Å². The average molecular weight is 341 g/mol. The summed E-state index contributed by atoms with van der Waals surface area (Å²) in [5.74, 6) is 0.946. The third-order valence-corrected chi connectivity index (χ3v) is 4.34. The van der Waals surface area contributed by atoms with Gasteiger partial charge in [0, 0.05) is 42.7 Å². The van der Waals surface area contributed by atoms with Gasteiger partial charge in [0.2, 0.25) is 0 Å². The standard InChI is InChI=1S/C16H25BrN2O/c1-16(2,3)19-10-8-18(9-11-19)12-13-20-15-6-4-14(17)5-7-15/h4-7H,8-13H2,1-3H3. The minimum Gasteiger partial charge on any atom is -0.492 e. The van der Waals surface area contributed by atoms with Crippen molar-refractivity contribution in [1.29, 1.82) is 0 Å². The van der Waals surface area contributed by atoms with E-state index in [0.29, 0.717) is 5.54 Å². The first-order valence-corrected chi connectivity index (χ1v) is 8.10. The van der Waals surface area contributed by atoms with Crippen LogP contribution in [0.3, 0.4) is 0 Å². The lowest BCUT2D eigenvalue weighted by atomic mass is 10.1. The van der Waals surface area contributed by atoms with Gasteiger partial charge in [-0.25, -0.2) is 0 Å². The Labute approximate surface area is 131 Å². The van der Waals surface area contributed by atoms with E-state index in [1.807, 2.05) is 24.3 Å². The summed E-state index contributed by atoms with van der Waals surface area (Å²) >= 11 is 3.43. The van der Waals surface area contributed by atoms with Gasteiger partial charge in [-0.05, 0) is 45.0 Å². The molecule has 3 nitrogen and oxygen atoms in total. The number of hydrogen-bond acceptors (Lipinski definition) is 3. The van der Waals surface area contributed by atoms with Crippen LogP contribution in [0.4, 0.5) is 0 Å². The van der Waals surface area contributed by atoms with E-state index in [0.717, 1.165) is 49.6 Å². The van der Waals surface area contributed by atoms with Crippen LogP contribution >= 0.6 is 15.9 Å². The van der Waals surface area contributed by atoms with Crippen molar-refractivity contribution in [2.45, 2.75) is 26.3 Å². The molecule has 0 saturated carbocycles. The molecular formula is C16H25BrN2O. The van der Waals surface area contributed by atoms with E-state index in [2.05, 4.69) is 46.5 Å². The second kappa shape index (κ2) is 6.92. The normalized spacial score (nSPS) is 18.2. The first-order chi connectivity index (χ1) is 9.45. The first kappa shape index (κ1) is 15.8. The first-order valence-electron chi connectivity index (χ1n) is 7.31. The van der Waals surface area contributed by atoms with Crippen molar-refractivity contribution < 1.29 is 4.74 Å². The van der Waals surface area contributed by atoms with Gasteiger partial charge in [-0.1, -0.05) is 15.9 Å². The zero-order valence-corrected chi connectivity index (χ0v) is 14.3. The maximum absolute atomic E-state index is 5.78. The number of halogens is 1. The molecule has 1 saturated heterocycles. The van der Waals surface area contributed by atoms with Crippen molar-refractivity contribution in [2.24, 2.45) is 0 Å². The van der Waals surface area contributed by atoms with Gasteiger partial charge >= 0.3 is 0 Å². The zero-order valence-electron chi connectivity index (χ0n) is 12.7. The minimum atomic E-state index is 0.292. The molecule has 112 valence electrons. The topological polar surface area (TPSA) is 15.7 Å². The quantitative estimate of drug-likeness (QED) is 0.836. The van der Waals surface area contributed by atoms with E-state index in [1.54, 1.807) is 0 Å². The second-order valence-electron chi connectivity index (χ2n) is 6.30. The molecule has 0 bridgehead atoms. The molecule has 4 heteroatoms. The van der Waals surface area contributed by atoms with E-state index in [1.165, 1.54) is 0 Å². The van der Waals surface area contributed by atoms with Crippen LogP contribution in [-0.2, 0) is 0 Å². The van der Waals surface area contributed by atoms with Crippen LogP contribution in [0.5, 0.6) is 5.75 Å². The average Bonchev–Trinajstić information content (AvgIpc) is 2.41. The number of benzene rings is 1. The third-order valence-electron chi connectivity index (χ3n) is 3.81. The molecule has 0 radical (unpaired) electrons. The highest BCUT2D eigenvalue weighted by atomic mass is 79.9. The molecular weight excluding hydrogens is 316 g/mol. The Morgan fingerprint density at radius 1 is 1.05 bits per heavy atom. The molecule has 1 heterocycles. The number of piperazine rings is 1. The molecule has 0 N–H and O–H groups in total. The van der Waals surface area contributed by atoms with Crippen molar-refractivity contribution in [2.75, 3.05) is 39.3 Å². The molecule has 0 aliphatic carbocycles. The van der Waals surface area contributed by atoms with Crippen LogP contribution in [0, 0.1) is 0 Å². The predicted molar refractivity (Wildman–Crippen MR) is 87.4 cm³/mol. The molecule has 1 aliphatic heterocycles. The lowest BCUT2D eigenvalue weighted by molar-refractivity contribution is 0.0564. The molecule has 0 spiro atoms. The molecule has 0 atom stereocenters. The summed E-state index contributed by atoms with van der Waals surface area (Å²) in [7, 11) is 0. The van der Waals surface area contributed by atoms with Crippen molar-refractivity contribution in [3.05, 3.63) is 28.7 Å². The monoisotopic (exact) mass is 340 g/mol. The fourth-order valence-corrected chi connectivity index (χ4v) is 2.73. The van der Waals surface area contributed by atoms with Gasteiger partial charge in [0.15, 0.2) is 0 Å². The van der Waals surface area contributed by atoms with Crippen LogP contribution in [-0.4, -0.2) is 54.7 Å². The molecule has 1 aromatic carbocycles. The van der Waals surface area contributed by atoms with Crippen LogP contribution in [0.25, 0.3) is 0 Å². The summed E-state index contributed by atoms with van der Waals surface area (Å²) in [4.78, 5) is 5.04. The summed E-state index contributed by atoms with van der Waals surface area (Å²) in [6.07, 6.45) is 0. The van der Waals surface area contributed by atoms with Gasteiger partial charge in [0.05, 0.1) is 0 Å². The maximum Gasteiger partial charge on any atom is 0.119 e. The summed E-state index contributed by atoms with van der Waals surface area (Å²) in [6.45, 7) is 13.2. The summed E-state index contributed by atoms with van der Waals surface area (Å²) in [6, 6.07) is 8.03. The number of nitrogens with zero attached hydrogens (tertiary/aromatic N) is 2. The summed E-state index contributed by atoms with van der Waals surface area (Å²) < 4.78 is 6.87. The molecule has 1 aliphatic rings. The Kier molecular flexibility index (Phi) is 5.47. The summed E-state index contributed by atoms with van der Waals surface area (Å²) in [5.41, 5.74) is 0.292. The van der Waals surface area contributed by atoms with Crippen molar-refractivity contribution >= 4 is 15.9 Å². The number of rotatable bonds is 4. The number of ether oxygens (including phenoxy) is 1. The highest BCUT2D eigenvalue weighted by Gasteiger charge is 2.25. The van der Waals surface area contributed by atoms with Gasteiger partial charge in [0.25, 0.3) is 0 Å². The maximum atomic E-state index is 5.78. The highest BCUT2D eigenvalue weighted by molar-refractivity contribution is 9.10. The molecule has 0 unspecified atom stereocenters. The minimum absolute atomic E-state index is 0.292. The van der Waals surface area contributed by atoms with Crippen molar-refractivity contribution in [3.63, 3.8) is 0 Å². The zero-order chi connectivity index (χ0) is 14.6. The Morgan fingerprint density at radius 2 is 1.65 bits per heavy atom. The Balaban J connectivity index is 1.67. The predicted octanol–water partition coefficient (Wildman–Crippen LogP) is 3.24. The SMILES string of the molecule is CC(C)(C)N1CCN(CCOc2ccc(Br)cc2)CC1. The summed E-state index contributed by atoms with van der Waals surface area (Å²) in [5, 5.41) is 0. The van der Waals surface area contributed by atoms with Crippen LogP contribution < -0.4 is 4.74 Å². The van der Waals surface area contributed by atoms with Crippen LogP contribution in [0.15, 0.2) is 28.7 Å². The Morgan fingerprint density at radius 3 is 2.20 bits per heavy atom. The lowest BCUT2D eigenvalue weighted by Gasteiger charge is -2.42. The van der Waals surface area contributed by atoms with E-state index < -0.39 is 0 Å². The van der Waals surface area contributed by atoms with Crippen LogP contribution in [0.1, 0.15) is 20.8 Å². The molecule has 20 heavy (non-hydrogen) atoms. The van der Waals surface area contributed by atoms with Crippen molar-refractivity contribution in [1.82, 2.24) is 9.80 Å². The Bertz CT molecular complexity index is 405. The third kappa shape index (κ3) is 4.76. The Hall–Kier alpha value is -0.580.